The first-order chi connectivity index (χ1) is 12.3. The summed E-state index contributed by atoms with van der Waals surface area (Å²) in [6.45, 7) is 3.59. The Bertz CT molecular complexity index is 524. The molecule has 0 bridgehead atoms. The average molecular weight is 347 g/mol. The van der Waals surface area contributed by atoms with E-state index in [1.807, 2.05) is 6.92 Å². The molecule has 0 aromatic rings. The van der Waals surface area contributed by atoms with Crippen molar-refractivity contribution in [2.24, 2.45) is 47.3 Å². The molecule has 0 aromatic carbocycles. The molecule has 5 fully saturated rings. The first kappa shape index (κ1) is 16.6. The van der Waals surface area contributed by atoms with Crippen LogP contribution in [0.2, 0.25) is 0 Å². The van der Waals surface area contributed by atoms with Crippen LogP contribution in [0.4, 0.5) is 0 Å². The van der Waals surface area contributed by atoms with Crippen LogP contribution in [0.5, 0.6) is 0 Å². The second-order valence-electron chi connectivity index (χ2n) is 9.52. The van der Waals surface area contributed by atoms with E-state index in [1.54, 1.807) is 0 Å². The molecule has 2 N–H and O–H groups in total. The molecule has 5 rings (SSSR count). The Kier molecular flexibility index (Phi) is 4.32. The van der Waals surface area contributed by atoms with E-state index in [0.29, 0.717) is 18.6 Å². The maximum absolute atomic E-state index is 12.8. The summed E-state index contributed by atoms with van der Waals surface area (Å²) in [7, 11) is 0. The molecule has 0 spiro atoms. The van der Waals surface area contributed by atoms with Gasteiger partial charge in [0, 0.05) is 12.6 Å². The number of nitrogens with one attached hydrogen (secondary N) is 2. The highest BCUT2D eigenvalue weighted by Gasteiger charge is 2.58. The number of carbonyl (C=O) groups excluding carboxylic acids is 1. The molecule has 1 aliphatic heterocycles. The van der Waals surface area contributed by atoms with Crippen molar-refractivity contribution in [3.63, 3.8) is 0 Å². The van der Waals surface area contributed by atoms with Crippen LogP contribution in [0.15, 0.2) is 0 Å². The molecule has 4 heteroatoms. The highest BCUT2D eigenvalue weighted by atomic mass is 16.5. The van der Waals surface area contributed by atoms with Gasteiger partial charge in [0.2, 0.25) is 0 Å². The van der Waals surface area contributed by atoms with Gasteiger partial charge in [0.25, 0.3) is 0 Å². The highest BCUT2D eigenvalue weighted by molar-refractivity contribution is 5.73. The molecule has 25 heavy (non-hydrogen) atoms. The third kappa shape index (κ3) is 2.58. The minimum absolute atomic E-state index is 0.0838. The monoisotopic (exact) mass is 346 g/mol. The third-order valence-corrected chi connectivity index (χ3v) is 8.59. The fraction of sp³-hybridized carbons (Fsp3) is 0.952. The van der Waals surface area contributed by atoms with Gasteiger partial charge in [-0.25, -0.2) is 0 Å². The summed E-state index contributed by atoms with van der Waals surface area (Å²) < 4.78 is 5.52. The van der Waals surface area contributed by atoms with Crippen LogP contribution < -0.4 is 10.9 Å². The molecule has 4 nitrogen and oxygen atoms in total. The maximum Gasteiger partial charge on any atom is 0.309 e. The minimum Gasteiger partial charge on any atom is -0.466 e. The largest absolute Gasteiger partial charge is 0.466 e. The topological polar surface area (TPSA) is 50.4 Å². The van der Waals surface area contributed by atoms with Crippen molar-refractivity contribution in [3.8, 4) is 0 Å². The number of esters is 1. The Balaban J connectivity index is 1.51. The number of fused-ring (bicyclic) bond motifs is 2. The predicted molar refractivity (Wildman–Crippen MR) is 96.4 cm³/mol. The van der Waals surface area contributed by atoms with Gasteiger partial charge in [-0.15, -0.1) is 0 Å². The van der Waals surface area contributed by atoms with Crippen LogP contribution in [0.1, 0.15) is 58.3 Å². The SMILES string of the molecule is CCOC(=O)C1CCCC2CC3CCCC4CC5CNNC(C21)C5C34. The number of ether oxygens (including phenoxy) is 1. The second-order valence-corrected chi connectivity index (χ2v) is 9.52. The lowest BCUT2D eigenvalue weighted by Gasteiger charge is -2.46. The van der Waals surface area contributed by atoms with Gasteiger partial charge in [-0.2, -0.15) is 0 Å². The Labute approximate surface area is 151 Å². The van der Waals surface area contributed by atoms with Crippen molar-refractivity contribution in [3.05, 3.63) is 0 Å². The van der Waals surface area contributed by atoms with Gasteiger partial charge in [-0.05, 0) is 67.6 Å². The summed E-state index contributed by atoms with van der Waals surface area (Å²) >= 11 is 0. The molecule has 0 aromatic heterocycles. The molecule has 1 heterocycles. The van der Waals surface area contributed by atoms with Gasteiger partial charge in [-0.1, -0.05) is 32.1 Å². The molecule has 1 saturated heterocycles. The summed E-state index contributed by atoms with van der Waals surface area (Å²) in [4.78, 5) is 12.8. The third-order valence-electron chi connectivity index (χ3n) is 8.59. The minimum atomic E-state index is 0.0838. The number of hydrazine groups is 1. The Morgan fingerprint density at radius 1 is 0.920 bits per heavy atom. The highest BCUT2D eigenvalue weighted by Crippen LogP contribution is 2.60. The number of hydrogen-bond donors (Lipinski definition) is 2. The van der Waals surface area contributed by atoms with Crippen molar-refractivity contribution in [2.45, 2.75) is 64.3 Å². The first-order valence-electron chi connectivity index (χ1n) is 10.9. The lowest BCUT2D eigenvalue weighted by atomic mass is 9.65. The van der Waals surface area contributed by atoms with Gasteiger partial charge in [0.1, 0.15) is 0 Å². The van der Waals surface area contributed by atoms with Crippen molar-refractivity contribution in [1.29, 1.82) is 0 Å². The normalized spacial score (nSPS) is 51.2. The van der Waals surface area contributed by atoms with Crippen LogP contribution in [0, 0.1) is 47.3 Å². The maximum atomic E-state index is 12.8. The zero-order valence-corrected chi connectivity index (χ0v) is 15.6. The van der Waals surface area contributed by atoms with Crippen molar-refractivity contribution in [2.75, 3.05) is 13.2 Å². The molecule has 4 aliphatic carbocycles. The fourth-order valence-corrected chi connectivity index (χ4v) is 8.00. The van der Waals surface area contributed by atoms with Crippen molar-refractivity contribution < 1.29 is 9.53 Å². The molecular weight excluding hydrogens is 312 g/mol. The summed E-state index contributed by atoms with van der Waals surface area (Å²) in [6, 6.07) is 0.483. The molecule has 9 unspecified atom stereocenters. The van der Waals surface area contributed by atoms with Crippen LogP contribution in [0.25, 0.3) is 0 Å². The van der Waals surface area contributed by atoms with Crippen LogP contribution in [0.3, 0.4) is 0 Å². The fourth-order valence-electron chi connectivity index (χ4n) is 8.00. The van der Waals surface area contributed by atoms with Gasteiger partial charge in [0.05, 0.1) is 12.5 Å². The lowest BCUT2D eigenvalue weighted by Crippen LogP contribution is -2.61. The molecule has 140 valence electrons. The van der Waals surface area contributed by atoms with E-state index in [9.17, 15) is 4.79 Å². The summed E-state index contributed by atoms with van der Waals surface area (Å²) in [6.07, 6.45) is 10.7. The van der Waals surface area contributed by atoms with Crippen LogP contribution in [-0.2, 0) is 9.53 Å². The number of rotatable bonds is 2. The lowest BCUT2D eigenvalue weighted by molar-refractivity contribution is -0.154. The Morgan fingerprint density at radius 3 is 2.36 bits per heavy atom. The van der Waals surface area contributed by atoms with E-state index < -0.39 is 0 Å². The van der Waals surface area contributed by atoms with E-state index >= 15 is 0 Å². The van der Waals surface area contributed by atoms with Crippen molar-refractivity contribution >= 4 is 5.97 Å². The average Bonchev–Trinajstić information content (AvgIpc) is 2.93. The molecule has 0 radical (unpaired) electrons. The summed E-state index contributed by atoms with van der Waals surface area (Å²) in [5.74, 6) is 5.83. The summed E-state index contributed by atoms with van der Waals surface area (Å²) in [5.41, 5.74) is 7.26. The Hall–Kier alpha value is -0.610. The predicted octanol–water partition coefficient (Wildman–Crippen LogP) is 3.13. The van der Waals surface area contributed by atoms with Gasteiger partial charge < -0.3 is 4.74 Å². The zero-order chi connectivity index (χ0) is 17.0. The van der Waals surface area contributed by atoms with E-state index in [2.05, 4.69) is 10.9 Å². The molecule has 4 saturated carbocycles. The van der Waals surface area contributed by atoms with E-state index in [4.69, 9.17) is 4.74 Å². The first-order valence-corrected chi connectivity index (χ1v) is 10.9. The molecule has 5 aliphatic rings. The van der Waals surface area contributed by atoms with Gasteiger partial charge in [-0.3, -0.25) is 15.6 Å². The zero-order valence-electron chi connectivity index (χ0n) is 15.6. The van der Waals surface area contributed by atoms with Gasteiger partial charge >= 0.3 is 5.97 Å². The van der Waals surface area contributed by atoms with Crippen molar-refractivity contribution in [1.82, 2.24) is 10.9 Å². The van der Waals surface area contributed by atoms with Crippen LogP contribution >= 0.6 is 0 Å². The molecular formula is C21H34N2O2. The number of hydrogen-bond acceptors (Lipinski definition) is 4. The standard InChI is InChI=1S/C21H34N2O2/c1-2-25-21(24)16-8-4-7-14-9-12-5-3-6-13-10-15-11-22-23-20(18(14)16)19(15)17(12)13/h12-20,22-23H,2-11H2,1H3. The molecule has 0 amide bonds. The number of carbonyl (C=O) groups is 1. The second kappa shape index (κ2) is 6.53. The van der Waals surface area contributed by atoms with Crippen LogP contribution in [-0.4, -0.2) is 25.2 Å². The van der Waals surface area contributed by atoms with E-state index in [-0.39, 0.29) is 11.9 Å². The van der Waals surface area contributed by atoms with E-state index in [0.717, 1.165) is 48.5 Å². The van der Waals surface area contributed by atoms with E-state index in [1.165, 1.54) is 44.9 Å². The smallest absolute Gasteiger partial charge is 0.309 e. The quantitative estimate of drug-likeness (QED) is 0.754. The summed E-state index contributed by atoms with van der Waals surface area (Å²) in [5, 5.41) is 0. The molecule has 9 atom stereocenters. The van der Waals surface area contributed by atoms with Gasteiger partial charge in [0.15, 0.2) is 0 Å². The Morgan fingerprint density at radius 2 is 1.60 bits per heavy atom.